The maximum absolute atomic E-state index is 13.4. The molecule has 0 saturated carbocycles. The molecule has 1 aliphatic heterocycles. The van der Waals surface area contributed by atoms with Crippen LogP contribution >= 0.6 is 0 Å². The topological polar surface area (TPSA) is 70.1 Å². The average molecular weight is 485 g/mol. The van der Waals surface area contributed by atoms with Gasteiger partial charge in [-0.3, -0.25) is 14.5 Å². The van der Waals surface area contributed by atoms with Gasteiger partial charge in [-0.1, -0.05) is 45.0 Å². The fraction of sp³-hybridized carbons (Fsp3) is 0.267. The molecule has 1 fully saturated rings. The maximum Gasteiger partial charge on any atom is 0.300 e. The minimum atomic E-state index is -0.772. The van der Waals surface area contributed by atoms with Gasteiger partial charge in [-0.05, 0) is 65.1 Å². The number of ketones is 1. The molecule has 36 heavy (non-hydrogen) atoms. The first kappa shape index (κ1) is 25.0. The van der Waals surface area contributed by atoms with Crippen molar-refractivity contribution in [3.05, 3.63) is 95.1 Å². The van der Waals surface area contributed by atoms with E-state index >= 15 is 0 Å². The van der Waals surface area contributed by atoms with Gasteiger partial charge in [-0.2, -0.15) is 0 Å². The van der Waals surface area contributed by atoms with Crippen LogP contribution < -0.4 is 14.5 Å². The largest absolute Gasteiger partial charge is 0.507 e. The summed E-state index contributed by atoms with van der Waals surface area (Å²) in [6, 6.07) is 21.3. The highest BCUT2D eigenvalue weighted by Gasteiger charge is 2.47. The van der Waals surface area contributed by atoms with Crippen LogP contribution in [0.1, 0.15) is 43.5 Å². The maximum atomic E-state index is 13.4. The highest BCUT2D eigenvalue weighted by atomic mass is 16.5. The molecule has 0 bridgehead atoms. The van der Waals surface area contributed by atoms with E-state index in [-0.39, 0.29) is 16.7 Å². The lowest BCUT2D eigenvalue weighted by Gasteiger charge is -2.27. The molecule has 1 saturated heterocycles. The molecule has 3 aromatic carbocycles. The third-order valence-corrected chi connectivity index (χ3v) is 6.54. The number of Topliss-reactive ketones (excluding diaryl/α,β-unsaturated/α-hetero) is 1. The summed E-state index contributed by atoms with van der Waals surface area (Å²) in [6.07, 6.45) is 0. The second-order valence-corrected chi connectivity index (χ2v) is 10.2. The number of aliphatic hydroxyl groups excluding tert-OH is 1. The quantitative estimate of drug-likeness (QED) is 0.286. The SMILES string of the molecule is COc1ccc(/C(O)=C2/C(=O)C(=O)N(c3ccc(N(C)C)cc3)C2c2ccc(C(C)(C)C)cc2)cc1. The van der Waals surface area contributed by atoms with E-state index < -0.39 is 17.7 Å². The summed E-state index contributed by atoms with van der Waals surface area (Å²) in [5.41, 5.74) is 3.88. The van der Waals surface area contributed by atoms with E-state index in [0.717, 1.165) is 16.8 Å². The number of ether oxygens (including phenoxy) is 1. The molecule has 0 aliphatic carbocycles. The average Bonchev–Trinajstić information content (AvgIpc) is 3.13. The minimum absolute atomic E-state index is 0.0502. The Morgan fingerprint density at radius 2 is 1.47 bits per heavy atom. The van der Waals surface area contributed by atoms with Gasteiger partial charge in [0.25, 0.3) is 11.7 Å². The highest BCUT2D eigenvalue weighted by Crippen LogP contribution is 2.43. The Bertz CT molecular complexity index is 1300. The first-order valence-electron chi connectivity index (χ1n) is 11.9. The molecule has 6 nitrogen and oxygen atoms in total. The van der Waals surface area contributed by atoms with Crippen molar-refractivity contribution in [2.75, 3.05) is 31.0 Å². The molecule has 1 N–H and O–H groups in total. The Morgan fingerprint density at radius 3 is 1.97 bits per heavy atom. The van der Waals surface area contributed by atoms with Crippen molar-refractivity contribution in [2.45, 2.75) is 32.2 Å². The van der Waals surface area contributed by atoms with Crippen LogP contribution in [0, 0.1) is 0 Å². The Morgan fingerprint density at radius 1 is 0.889 bits per heavy atom. The van der Waals surface area contributed by atoms with Crippen LogP contribution in [0.4, 0.5) is 11.4 Å². The second-order valence-electron chi connectivity index (χ2n) is 10.2. The summed E-state index contributed by atoms with van der Waals surface area (Å²) in [6.45, 7) is 6.39. The molecular formula is C30H32N2O4. The number of carbonyl (C=O) groups is 2. The first-order valence-corrected chi connectivity index (χ1v) is 11.9. The predicted molar refractivity (Wildman–Crippen MR) is 144 cm³/mol. The van der Waals surface area contributed by atoms with Crippen molar-refractivity contribution in [2.24, 2.45) is 0 Å². The molecule has 0 aromatic heterocycles. The van der Waals surface area contributed by atoms with E-state index in [1.165, 1.54) is 4.90 Å². The van der Waals surface area contributed by atoms with Gasteiger partial charge < -0.3 is 14.7 Å². The Labute approximate surface area is 212 Å². The first-order chi connectivity index (χ1) is 17.0. The molecule has 6 heteroatoms. The van der Waals surface area contributed by atoms with Crippen molar-refractivity contribution in [3.63, 3.8) is 0 Å². The van der Waals surface area contributed by atoms with Crippen molar-refractivity contribution >= 4 is 28.8 Å². The van der Waals surface area contributed by atoms with E-state index in [4.69, 9.17) is 4.74 Å². The van der Waals surface area contributed by atoms with Crippen LogP contribution in [0.25, 0.3) is 5.76 Å². The summed E-state index contributed by atoms with van der Waals surface area (Å²) < 4.78 is 5.21. The lowest BCUT2D eigenvalue weighted by molar-refractivity contribution is -0.132. The lowest BCUT2D eigenvalue weighted by Crippen LogP contribution is -2.29. The molecule has 186 valence electrons. The van der Waals surface area contributed by atoms with Gasteiger partial charge in [0.15, 0.2) is 0 Å². The Hall–Kier alpha value is -4.06. The number of hydrogen-bond acceptors (Lipinski definition) is 5. The zero-order valence-electron chi connectivity index (χ0n) is 21.6. The third kappa shape index (κ3) is 4.59. The molecular weight excluding hydrogens is 452 g/mol. The van der Waals surface area contributed by atoms with E-state index in [2.05, 4.69) is 20.8 Å². The Kier molecular flexibility index (Phi) is 6.63. The molecule has 1 unspecified atom stereocenters. The monoisotopic (exact) mass is 484 g/mol. The molecule has 1 atom stereocenters. The van der Waals surface area contributed by atoms with Gasteiger partial charge in [-0.25, -0.2) is 0 Å². The zero-order valence-corrected chi connectivity index (χ0v) is 21.6. The summed E-state index contributed by atoms with van der Waals surface area (Å²) in [7, 11) is 5.43. The van der Waals surface area contributed by atoms with Crippen LogP contribution in [-0.4, -0.2) is 38.0 Å². The fourth-order valence-electron chi connectivity index (χ4n) is 4.40. The van der Waals surface area contributed by atoms with Crippen LogP contribution in [-0.2, 0) is 15.0 Å². The normalized spacial score (nSPS) is 17.4. The van der Waals surface area contributed by atoms with Crippen molar-refractivity contribution in [1.82, 2.24) is 0 Å². The summed E-state index contributed by atoms with van der Waals surface area (Å²) >= 11 is 0. The van der Waals surface area contributed by atoms with Crippen molar-refractivity contribution in [1.29, 1.82) is 0 Å². The van der Waals surface area contributed by atoms with Gasteiger partial charge in [0.05, 0.1) is 18.7 Å². The van der Waals surface area contributed by atoms with Crippen molar-refractivity contribution < 1.29 is 19.4 Å². The van der Waals surface area contributed by atoms with Crippen molar-refractivity contribution in [3.8, 4) is 5.75 Å². The van der Waals surface area contributed by atoms with Gasteiger partial charge in [0.2, 0.25) is 0 Å². The van der Waals surface area contributed by atoms with Gasteiger partial charge in [0, 0.05) is 31.0 Å². The van der Waals surface area contributed by atoms with Crippen LogP contribution in [0.3, 0.4) is 0 Å². The number of aliphatic hydroxyl groups is 1. The highest BCUT2D eigenvalue weighted by molar-refractivity contribution is 6.51. The third-order valence-electron chi connectivity index (χ3n) is 6.54. The molecule has 1 amide bonds. The number of anilines is 2. The number of rotatable bonds is 5. The van der Waals surface area contributed by atoms with Crippen LogP contribution in [0.15, 0.2) is 78.4 Å². The molecule has 1 heterocycles. The molecule has 0 spiro atoms. The number of hydrogen-bond donors (Lipinski definition) is 1. The van der Waals surface area contributed by atoms with Crippen LogP contribution in [0.2, 0.25) is 0 Å². The van der Waals surface area contributed by atoms with E-state index in [0.29, 0.717) is 17.0 Å². The summed E-state index contributed by atoms with van der Waals surface area (Å²) in [5.74, 6) is -0.979. The number of amides is 1. The lowest BCUT2D eigenvalue weighted by atomic mass is 9.85. The molecule has 0 radical (unpaired) electrons. The summed E-state index contributed by atoms with van der Waals surface area (Å²) in [4.78, 5) is 30.2. The summed E-state index contributed by atoms with van der Waals surface area (Å²) in [5, 5.41) is 11.3. The molecule has 3 aromatic rings. The second kappa shape index (κ2) is 9.53. The van der Waals surface area contributed by atoms with Gasteiger partial charge in [-0.15, -0.1) is 0 Å². The number of benzene rings is 3. The zero-order chi connectivity index (χ0) is 26.2. The van der Waals surface area contributed by atoms with Crippen LogP contribution in [0.5, 0.6) is 5.75 Å². The number of methoxy groups -OCH3 is 1. The van der Waals surface area contributed by atoms with E-state index in [1.54, 1.807) is 31.4 Å². The molecule has 4 rings (SSSR count). The predicted octanol–water partition coefficient (Wildman–Crippen LogP) is 5.69. The smallest absolute Gasteiger partial charge is 0.300 e. The fourth-order valence-corrected chi connectivity index (χ4v) is 4.40. The minimum Gasteiger partial charge on any atom is -0.507 e. The van der Waals surface area contributed by atoms with Gasteiger partial charge in [0.1, 0.15) is 11.5 Å². The van der Waals surface area contributed by atoms with E-state index in [9.17, 15) is 14.7 Å². The number of carbonyl (C=O) groups excluding carboxylic acids is 2. The van der Waals surface area contributed by atoms with Gasteiger partial charge >= 0.3 is 0 Å². The Balaban J connectivity index is 1.89. The standard InChI is InChI=1S/C30H32N2O4/c1-30(2,3)21-11-7-19(8-12-21)26-25(27(33)20-9-17-24(36-6)18-10-20)28(34)29(35)32(26)23-15-13-22(14-16-23)31(4)5/h7-18,26,33H,1-6H3/b27-25-. The molecule has 1 aliphatic rings. The number of nitrogens with zero attached hydrogens (tertiary/aromatic N) is 2. The van der Waals surface area contributed by atoms with E-state index in [1.807, 2.05) is 67.5 Å².